The zero-order valence-corrected chi connectivity index (χ0v) is 16.0. The third kappa shape index (κ3) is 3.37. The highest BCUT2D eigenvalue weighted by Crippen LogP contribution is 2.49. The minimum absolute atomic E-state index is 0.116. The molecule has 1 fully saturated rings. The van der Waals surface area contributed by atoms with Crippen molar-refractivity contribution in [1.82, 2.24) is 10.2 Å². The monoisotopic (exact) mass is 352 g/mol. The predicted molar refractivity (Wildman–Crippen MR) is 92.7 cm³/mol. The van der Waals surface area contributed by atoms with Gasteiger partial charge in [-0.25, -0.2) is 9.59 Å². The number of nitrogens with one attached hydrogen (secondary N) is 1. The third-order valence-electron chi connectivity index (χ3n) is 3.67. The second kappa shape index (κ2) is 5.97. The Morgan fingerprint density at radius 2 is 1.83 bits per heavy atom. The minimum atomic E-state index is -0.597. The summed E-state index contributed by atoms with van der Waals surface area (Å²) in [7, 11) is 0. The van der Waals surface area contributed by atoms with Gasteiger partial charge in [0.25, 0.3) is 5.91 Å². The average molecular weight is 352 g/mol. The zero-order valence-electron chi connectivity index (χ0n) is 15.1. The fourth-order valence-corrected chi connectivity index (χ4v) is 4.25. The van der Waals surface area contributed by atoms with E-state index in [1.54, 1.807) is 31.6 Å². The van der Waals surface area contributed by atoms with Crippen molar-refractivity contribution >= 4 is 29.7 Å². The maximum atomic E-state index is 12.2. The fourth-order valence-electron chi connectivity index (χ4n) is 2.90. The van der Waals surface area contributed by atoms with Crippen LogP contribution in [0.1, 0.15) is 48.5 Å². The summed E-state index contributed by atoms with van der Waals surface area (Å²) in [5, 5.41) is 2.06. The highest BCUT2D eigenvalue weighted by molar-refractivity contribution is 8.01. The van der Waals surface area contributed by atoms with Crippen molar-refractivity contribution in [2.45, 2.75) is 64.8 Å². The molecule has 2 atom stereocenters. The molecule has 2 heterocycles. The number of fused-ring (bicyclic) bond motifs is 1. The van der Waals surface area contributed by atoms with E-state index in [4.69, 9.17) is 4.74 Å². The van der Waals surface area contributed by atoms with Crippen LogP contribution in [0.25, 0.3) is 0 Å². The average Bonchev–Trinajstić information content (AvgIpc) is 2.38. The molecular formula is C17H24N2O4S. The molecule has 7 heteroatoms. The first kappa shape index (κ1) is 18.6. The van der Waals surface area contributed by atoms with E-state index in [-0.39, 0.29) is 22.3 Å². The van der Waals surface area contributed by atoms with Crippen LogP contribution in [0.3, 0.4) is 0 Å². The number of rotatable bonds is 1. The molecule has 0 aliphatic carbocycles. The number of allylic oxidation sites excluding steroid dienone is 1. The molecule has 1 N–H and O–H groups in total. The first-order valence-corrected chi connectivity index (χ1v) is 8.76. The summed E-state index contributed by atoms with van der Waals surface area (Å²) >= 11 is 1.34. The molecule has 24 heavy (non-hydrogen) atoms. The zero-order chi connectivity index (χ0) is 18.4. The lowest BCUT2D eigenvalue weighted by molar-refractivity contribution is -0.132. The number of carbonyl (C=O) groups is 2. The van der Waals surface area contributed by atoms with Crippen molar-refractivity contribution in [3.8, 4) is 0 Å². The van der Waals surface area contributed by atoms with Crippen LogP contribution < -0.4 is 5.32 Å². The van der Waals surface area contributed by atoms with Gasteiger partial charge in [0.15, 0.2) is 0 Å². The van der Waals surface area contributed by atoms with E-state index >= 15 is 0 Å². The topological polar surface area (TPSA) is 75.7 Å². The third-order valence-corrected chi connectivity index (χ3v) is 5.12. The molecule has 6 nitrogen and oxygen atoms in total. The molecule has 1 saturated heterocycles. The quantitative estimate of drug-likeness (QED) is 0.446. The summed E-state index contributed by atoms with van der Waals surface area (Å²) in [6.45, 7) is 13.3. The number of amides is 2. The van der Waals surface area contributed by atoms with Crippen molar-refractivity contribution < 1.29 is 19.1 Å². The summed E-state index contributed by atoms with van der Waals surface area (Å²) in [6.07, 6.45) is -0.525. The van der Waals surface area contributed by atoms with Gasteiger partial charge in [-0.2, -0.15) is 0 Å². The number of ether oxygens (including phenoxy) is 1. The van der Waals surface area contributed by atoms with E-state index in [0.717, 1.165) is 11.3 Å². The fraction of sp³-hybridized carbons (Fsp3) is 0.647. The Morgan fingerprint density at radius 3 is 2.29 bits per heavy atom. The lowest BCUT2D eigenvalue weighted by Gasteiger charge is -2.51. The first-order valence-electron chi connectivity index (χ1n) is 7.81. The van der Waals surface area contributed by atoms with Crippen LogP contribution >= 0.6 is 11.8 Å². The molecule has 0 spiro atoms. The maximum Gasteiger partial charge on any atom is 0.408 e. The molecule has 0 aromatic rings. The van der Waals surface area contributed by atoms with Crippen molar-refractivity contribution in [2.75, 3.05) is 0 Å². The van der Waals surface area contributed by atoms with Gasteiger partial charge in [0, 0.05) is 11.1 Å². The lowest BCUT2D eigenvalue weighted by atomic mass is 9.85. The van der Waals surface area contributed by atoms with Gasteiger partial charge in [0.1, 0.15) is 27.9 Å². The van der Waals surface area contributed by atoms with Crippen molar-refractivity contribution in [3.63, 3.8) is 0 Å². The van der Waals surface area contributed by atoms with Gasteiger partial charge in [-0.05, 0) is 33.3 Å². The minimum Gasteiger partial charge on any atom is -0.444 e. The van der Waals surface area contributed by atoms with E-state index in [9.17, 15) is 14.4 Å². The van der Waals surface area contributed by atoms with Gasteiger partial charge in [-0.1, -0.05) is 20.8 Å². The molecule has 2 rings (SSSR count). The van der Waals surface area contributed by atoms with Crippen LogP contribution in [0.2, 0.25) is 0 Å². The smallest absolute Gasteiger partial charge is 0.408 e. The number of hydrogen-bond acceptors (Lipinski definition) is 5. The van der Waals surface area contributed by atoms with Crippen LogP contribution in [0.5, 0.6) is 0 Å². The van der Waals surface area contributed by atoms with Gasteiger partial charge in [0.2, 0.25) is 0 Å². The first-order chi connectivity index (χ1) is 10.9. The van der Waals surface area contributed by atoms with Crippen molar-refractivity contribution in [2.24, 2.45) is 5.41 Å². The van der Waals surface area contributed by atoms with Gasteiger partial charge in [-0.3, -0.25) is 9.69 Å². The van der Waals surface area contributed by atoms with E-state index in [1.807, 2.05) is 27.7 Å². The van der Waals surface area contributed by atoms with Gasteiger partial charge in [0.05, 0.1) is 0 Å². The largest absolute Gasteiger partial charge is 0.444 e. The Bertz CT molecular complexity index is 663. The van der Waals surface area contributed by atoms with E-state index in [2.05, 4.69) is 5.32 Å². The van der Waals surface area contributed by atoms with Gasteiger partial charge in [-0.15, -0.1) is 11.8 Å². The molecule has 2 aliphatic rings. The van der Waals surface area contributed by atoms with E-state index < -0.39 is 17.1 Å². The summed E-state index contributed by atoms with van der Waals surface area (Å²) in [6, 6.07) is 0. The highest BCUT2D eigenvalue weighted by atomic mass is 32.2. The second-order valence-electron chi connectivity index (χ2n) is 7.99. The molecule has 0 radical (unpaired) electrons. The number of alkyl carbamates (subject to hydrolysis) is 1. The summed E-state index contributed by atoms with van der Waals surface area (Å²) in [4.78, 5) is 37.0. The van der Waals surface area contributed by atoms with Crippen molar-refractivity contribution in [1.29, 1.82) is 0 Å². The Hall–Kier alpha value is -1.72. The Balaban J connectivity index is 2.34. The SMILES string of the molecule is CC1=C(C(C)(C)C)N2C(=O)C(=C=O)[C@@H]2SC1NC(=O)OC(C)(C)C. The standard InChI is InChI=1S/C17H24N2O4S/c1-9-11(16(2,3)4)19-13(21)10(8-20)14(19)24-12(9)18-15(22)23-17(5,6)7/h12,14H,1-7H3,(H,18,22)/t12?,14-/m0/s1. The summed E-state index contributed by atoms with van der Waals surface area (Å²) in [5.74, 6) is 1.43. The van der Waals surface area contributed by atoms with Crippen LogP contribution in [-0.2, 0) is 14.3 Å². The molecule has 1 unspecified atom stereocenters. The van der Waals surface area contributed by atoms with Crippen molar-refractivity contribution in [3.05, 3.63) is 16.8 Å². The van der Waals surface area contributed by atoms with E-state index in [1.165, 1.54) is 11.8 Å². The number of thioether (sulfide) groups is 1. The summed E-state index contributed by atoms with van der Waals surface area (Å²) < 4.78 is 5.31. The molecular weight excluding hydrogens is 328 g/mol. The molecule has 0 aromatic carbocycles. The number of nitrogens with zero attached hydrogens (tertiary/aromatic N) is 1. The predicted octanol–water partition coefficient (Wildman–Crippen LogP) is 2.83. The van der Waals surface area contributed by atoms with Crippen LogP contribution in [0.15, 0.2) is 16.8 Å². The van der Waals surface area contributed by atoms with Crippen LogP contribution in [-0.4, -0.2) is 39.2 Å². The number of hydrogen-bond donors (Lipinski definition) is 1. The van der Waals surface area contributed by atoms with Crippen LogP contribution in [0, 0.1) is 5.41 Å². The maximum absolute atomic E-state index is 12.2. The Labute approximate surface area is 146 Å². The molecule has 132 valence electrons. The molecule has 0 aromatic heterocycles. The summed E-state index contributed by atoms with van der Waals surface area (Å²) in [5.41, 5.74) is 0.927. The van der Waals surface area contributed by atoms with Gasteiger partial charge >= 0.3 is 6.09 Å². The molecule has 2 aliphatic heterocycles. The van der Waals surface area contributed by atoms with Gasteiger partial charge < -0.3 is 10.1 Å². The normalized spacial score (nSPS) is 24.2. The second-order valence-corrected chi connectivity index (χ2v) is 9.18. The number of carbonyl (C=O) groups excluding carboxylic acids is 3. The number of β-lactam (4-membered cyclic amide) rings is 1. The lowest BCUT2D eigenvalue weighted by Crippen LogP contribution is -2.59. The molecule has 0 bridgehead atoms. The Morgan fingerprint density at radius 1 is 1.25 bits per heavy atom. The molecule has 2 amide bonds. The highest BCUT2D eigenvalue weighted by Gasteiger charge is 2.53. The molecule has 0 saturated carbocycles. The van der Waals surface area contributed by atoms with E-state index in [0.29, 0.717) is 0 Å². The van der Waals surface area contributed by atoms with Crippen LogP contribution in [0.4, 0.5) is 4.79 Å². The Kier molecular flexibility index (Phi) is 4.63.